The lowest BCUT2D eigenvalue weighted by Crippen LogP contribution is -2.30. The summed E-state index contributed by atoms with van der Waals surface area (Å²) in [6.45, 7) is 6.65. The van der Waals surface area contributed by atoms with Crippen molar-refractivity contribution in [3.8, 4) is 0 Å². The standard InChI is InChI=1S/C63H116O6/c1-4-7-10-13-16-19-22-25-28-30-32-34-35-38-41-44-47-50-53-56-62(65)68-59-60(58-67-61(64)55-52-49-46-43-40-37-27-24-21-18-15-12-9-6-3)69-63(66)57-54-51-48-45-42-39-36-33-31-29-26-23-20-17-14-11-8-5-2/h16,19,24-25,27-28,60H,4-15,17-18,20-23,26,29-59H2,1-3H3/b19-16-,27-24-,28-25-/t60-/m1/s1. The summed E-state index contributed by atoms with van der Waals surface area (Å²) in [6, 6.07) is 0. The van der Waals surface area contributed by atoms with Gasteiger partial charge in [0.2, 0.25) is 0 Å². The van der Waals surface area contributed by atoms with E-state index < -0.39 is 6.10 Å². The quantitative estimate of drug-likeness (QED) is 0.0261. The number of hydrogen-bond donors (Lipinski definition) is 0. The van der Waals surface area contributed by atoms with E-state index in [-0.39, 0.29) is 31.1 Å². The minimum Gasteiger partial charge on any atom is -0.462 e. The fourth-order valence-corrected chi connectivity index (χ4v) is 9.00. The lowest BCUT2D eigenvalue weighted by atomic mass is 10.0. The maximum Gasteiger partial charge on any atom is 0.306 e. The van der Waals surface area contributed by atoms with Crippen LogP contribution in [0, 0.1) is 0 Å². The van der Waals surface area contributed by atoms with Gasteiger partial charge in [-0.2, -0.15) is 0 Å². The van der Waals surface area contributed by atoms with Gasteiger partial charge >= 0.3 is 17.9 Å². The van der Waals surface area contributed by atoms with Gasteiger partial charge in [0.25, 0.3) is 0 Å². The minimum absolute atomic E-state index is 0.0732. The van der Waals surface area contributed by atoms with Gasteiger partial charge in [-0.3, -0.25) is 14.4 Å². The van der Waals surface area contributed by atoms with E-state index in [0.717, 1.165) is 70.6 Å². The van der Waals surface area contributed by atoms with Crippen LogP contribution in [0.3, 0.4) is 0 Å². The van der Waals surface area contributed by atoms with Gasteiger partial charge in [-0.05, 0) is 77.0 Å². The number of rotatable bonds is 56. The highest BCUT2D eigenvalue weighted by Gasteiger charge is 2.19. The highest BCUT2D eigenvalue weighted by molar-refractivity contribution is 5.71. The number of unbranched alkanes of at least 4 members (excludes halogenated alkanes) is 39. The smallest absolute Gasteiger partial charge is 0.306 e. The van der Waals surface area contributed by atoms with E-state index in [1.807, 2.05) is 0 Å². The molecule has 0 unspecified atom stereocenters. The Bertz CT molecular complexity index is 1160. The van der Waals surface area contributed by atoms with Crippen molar-refractivity contribution in [3.63, 3.8) is 0 Å². The van der Waals surface area contributed by atoms with Crippen LogP contribution in [0.1, 0.15) is 329 Å². The first-order chi connectivity index (χ1) is 34.0. The zero-order chi connectivity index (χ0) is 50.0. The molecule has 0 bridgehead atoms. The van der Waals surface area contributed by atoms with Crippen LogP contribution in [0.5, 0.6) is 0 Å². The normalized spacial score (nSPS) is 12.2. The highest BCUT2D eigenvalue weighted by atomic mass is 16.6. The molecule has 0 radical (unpaired) electrons. The van der Waals surface area contributed by atoms with Crippen LogP contribution in [-0.4, -0.2) is 37.2 Å². The number of hydrogen-bond acceptors (Lipinski definition) is 6. The first kappa shape index (κ1) is 66.6. The molecule has 0 amide bonds. The third kappa shape index (κ3) is 56.4. The SMILES string of the molecule is CCCCC/C=C\C/C=C\CCCCCCCCCCCC(=O)OC[C@@H](COC(=O)CCCCCCC/C=C\CCCCCCC)OC(=O)CCCCCCCCCCCCCCCCCCCC. The highest BCUT2D eigenvalue weighted by Crippen LogP contribution is 2.17. The van der Waals surface area contributed by atoms with Crippen LogP contribution in [0.25, 0.3) is 0 Å². The molecule has 6 nitrogen and oxygen atoms in total. The first-order valence-corrected chi connectivity index (χ1v) is 30.5. The Labute approximate surface area is 429 Å². The third-order valence-corrected chi connectivity index (χ3v) is 13.6. The Balaban J connectivity index is 4.33. The van der Waals surface area contributed by atoms with Gasteiger partial charge in [-0.25, -0.2) is 0 Å². The predicted molar refractivity (Wildman–Crippen MR) is 298 cm³/mol. The molecule has 0 spiro atoms. The molecule has 1 atom stereocenters. The Hall–Kier alpha value is -2.37. The molecule has 0 N–H and O–H groups in total. The Morgan fingerprint density at radius 3 is 0.841 bits per heavy atom. The number of ether oxygens (including phenoxy) is 3. The summed E-state index contributed by atoms with van der Waals surface area (Å²) in [6.07, 6.45) is 69.9. The fourth-order valence-electron chi connectivity index (χ4n) is 9.00. The second-order valence-electron chi connectivity index (χ2n) is 20.6. The molecule has 0 fully saturated rings. The van der Waals surface area contributed by atoms with Gasteiger partial charge in [0.1, 0.15) is 13.2 Å². The molecule has 0 saturated carbocycles. The lowest BCUT2D eigenvalue weighted by Gasteiger charge is -2.18. The number of carbonyl (C=O) groups is 3. The first-order valence-electron chi connectivity index (χ1n) is 30.5. The van der Waals surface area contributed by atoms with Crippen molar-refractivity contribution in [1.82, 2.24) is 0 Å². The zero-order valence-electron chi connectivity index (χ0n) is 46.3. The largest absolute Gasteiger partial charge is 0.462 e. The van der Waals surface area contributed by atoms with Crippen molar-refractivity contribution in [2.24, 2.45) is 0 Å². The van der Waals surface area contributed by atoms with Gasteiger partial charge in [0.05, 0.1) is 0 Å². The molecular formula is C63H116O6. The van der Waals surface area contributed by atoms with Crippen molar-refractivity contribution in [2.45, 2.75) is 335 Å². The van der Waals surface area contributed by atoms with E-state index in [0.29, 0.717) is 19.3 Å². The summed E-state index contributed by atoms with van der Waals surface area (Å²) in [5.41, 5.74) is 0. The number of allylic oxidation sites excluding steroid dienone is 6. The summed E-state index contributed by atoms with van der Waals surface area (Å²) in [4.78, 5) is 38.2. The fraction of sp³-hybridized carbons (Fsp3) is 0.857. The van der Waals surface area contributed by atoms with Gasteiger partial charge in [0, 0.05) is 19.3 Å². The molecule has 69 heavy (non-hydrogen) atoms. The maximum atomic E-state index is 12.9. The van der Waals surface area contributed by atoms with E-state index in [2.05, 4.69) is 57.2 Å². The van der Waals surface area contributed by atoms with Gasteiger partial charge in [-0.1, -0.05) is 269 Å². The van der Waals surface area contributed by atoms with Gasteiger partial charge in [0.15, 0.2) is 6.10 Å². The van der Waals surface area contributed by atoms with E-state index in [9.17, 15) is 14.4 Å². The Morgan fingerprint density at radius 1 is 0.290 bits per heavy atom. The second kappa shape index (κ2) is 58.2. The molecule has 0 aromatic carbocycles. The molecule has 0 aromatic heterocycles. The Kier molecular flexibility index (Phi) is 56.2. The van der Waals surface area contributed by atoms with Crippen LogP contribution in [-0.2, 0) is 28.6 Å². The molecule has 6 heteroatoms. The molecule has 0 aliphatic rings. The summed E-state index contributed by atoms with van der Waals surface area (Å²) in [7, 11) is 0. The van der Waals surface area contributed by atoms with E-state index in [1.165, 1.54) is 218 Å². The van der Waals surface area contributed by atoms with Gasteiger partial charge in [-0.15, -0.1) is 0 Å². The molecule has 0 aliphatic carbocycles. The molecule has 0 saturated heterocycles. The number of esters is 3. The molecular weight excluding hydrogens is 853 g/mol. The summed E-state index contributed by atoms with van der Waals surface area (Å²) in [5.74, 6) is -0.864. The molecule has 0 rings (SSSR count). The number of carbonyl (C=O) groups excluding carboxylic acids is 3. The van der Waals surface area contributed by atoms with Crippen LogP contribution in [0.15, 0.2) is 36.5 Å². The van der Waals surface area contributed by atoms with Crippen molar-refractivity contribution in [2.75, 3.05) is 13.2 Å². The molecule has 0 aromatic rings. The van der Waals surface area contributed by atoms with Crippen LogP contribution >= 0.6 is 0 Å². The summed E-state index contributed by atoms with van der Waals surface area (Å²) < 4.78 is 16.9. The third-order valence-electron chi connectivity index (χ3n) is 13.6. The second-order valence-corrected chi connectivity index (χ2v) is 20.6. The monoisotopic (exact) mass is 969 g/mol. The predicted octanol–water partition coefficient (Wildman–Crippen LogP) is 20.4. The van der Waals surface area contributed by atoms with E-state index >= 15 is 0 Å². The summed E-state index contributed by atoms with van der Waals surface area (Å²) in [5, 5.41) is 0. The maximum absolute atomic E-state index is 12.9. The van der Waals surface area contributed by atoms with Crippen molar-refractivity contribution >= 4 is 17.9 Å². The zero-order valence-corrected chi connectivity index (χ0v) is 46.3. The lowest BCUT2D eigenvalue weighted by molar-refractivity contribution is -0.167. The van der Waals surface area contributed by atoms with Crippen molar-refractivity contribution in [1.29, 1.82) is 0 Å². The topological polar surface area (TPSA) is 78.9 Å². The summed E-state index contributed by atoms with van der Waals surface area (Å²) >= 11 is 0. The Morgan fingerprint density at radius 2 is 0.522 bits per heavy atom. The van der Waals surface area contributed by atoms with Gasteiger partial charge < -0.3 is 14.2 Å². The minimum atomic E-state index is -0.774. The van der Waals surface area contributed by atoms with Crippen LogP contribution in [0.4, 0.5) is 0 Å². The van der Waals surface area contributed by atoms with Crippen LogP contribution in [0.2, 0.25) is 0 Å². The van der Waals surface area contributed by atoms with E-state index in [4.69, 9.17) is 14.2 Å². The van der Waals surface area contributed by atoms with E-state index in [1.54, 1.807) is 0 Å². The average Bonchev–Trinajstić information content (AvgIpc) is 3.35. The average molecular weight is 970 g/mol. The van der Waals surface area contributed by atoms with Crippen molar-refractivity contribution in [3.05, 3.63) is 36.5 Å². The van der Waals surface area contributed by atoms with Crippen molar-refractivity contribution < 1.29 is 28.6 Å². The molecule has 404 valence electrons. The molecule has 0 heterocycles. The van der Waals surface area contributed by atoms with Crippen LogP contribution < -0.4 is 0 Å². The molecule has 0 aliphatic heterocycles.